The minimum absolute atomic E-state index is 0.0672. The highest BCUT2D eigenvalue weighted by Crippen LogP contribution is 2.23. The summed E-state index contributed by atoms with van der Waals surface area (Å²) in [6.07, 6.45) is 0. The molecule has 2 amide bonds. The van der Waals surface area contributed by atoms with Crippen LogP contribution in [0.4, 0.5) is 15.8 Å². The van der Waals surface area contributed by atoms with Crippen molar-refractivity contribution in [2.24, 2.45) is 0 Å². The summed E-state index contributed by atoms with van der Waals surface area (Å²) in [5, 5.41) is 14.5. The Hall–Kier alpha value is -3.75. The van der Waals surface area contributed by atoms with Crippen LogP contribution in [0, 0.1) is 5.82 Å². The first-order valence-electron chi connectivity index (χ1n) is 9.38. The summed E-state index contributed by atoms with van der Waals surface area (Å²) >= 11 is 5.77. The second kappa shape index (κ2) is 10.5. The number of carboxylic acids is 1. The minimum Gasteiger partial charge on any atom is -0.478 e. The van der Waals surface area contributed by atoms with Gasteiger partial charge < -0.3 is 20.5 Å². The molecular formula is C23H18ClFN2O5. The second-order valence-corrected chi connectivity index (χ2v) is 7.11. The Morgan fingerprint density at radius 3 is 2.25 bits per heavy atom. The van der Waals surface area contributed by atoms with Gasteiger partial charge >= 0.3 is 5.97 Å². The van der Waals surface area contributed by atoms with E-state index in [2.05, 4.69) is 10.6 Å². The van der Waals surface area contributed by atoms with Gasteiger partial charge in [-0.25, -0.2) is 9.18 Å². The van der Waals surface area contributed by atoms with Gasteiger partial charge in [0.25, 0.3) is 0 Å². The van der Waals surface area contributed by atoms with Crippen molar-refractivity contribution in [3.8, 4) is 11.1 Å². The van der Waals surface area contributed by atoms with Crippen molar-refractivity contribution in [3.63, 3.8) is 0 Å². The molecule has 0 unspecified atom stereocenters. The summed E-state index contributed by atoms with van der Waals surface area (Å²) in [5.74, 6) is -2.69. The van der Waals surface area contributed by atoms with Gasteiger partial charge in [-0.2, -0.15) is 0 Å². The summed E-state index contributed by atoms with van der Waals surface area (Å²) in [7, 11) is 0. The SMILES string of the molecule is O=C(COCC(=O)Nc1ccc(Cl)cc1C(=O)O)Nc1cccc(-c2ccc(F)cc2)c1. The highest BCUT2D eigenvalue weighted by Gasteiger charge is 2.14. The van der Waals surface area contributed by atoms with Crippen LogP contribution in [0.15, 0.2) is 66.7 Å². The van der Waals surface area contributed by atoms with Crippen LogP contribution in [0.5, 0.6) is 0 Å². The molecule has 0 atom stereocenters. The molecule has 0 saturated carbocycles. The molecular weight excluding hydrogens is 439 g/mol. The van der Waals surface area contributed by atoms with Crippen LogP contribution in [0.1, 0.15) is 10.4 Å². The Morgan fingerprint density at radius 2 is 1.56 bits per heavy atom. The van der Waals surface area contributed by atoms with Crippen LogP contribution < -0.4 is 10.6 Å². The molecule has 3 aromatic carbocycles. The van der Waals surface area contributed by atoms with Crippen LogP contribution in [-0.2, 0) is 14.3 Å². The maximum Gasteiger partial charge on any atom is 0.337 e. The van der Waals surface area contributed by atoms with Gasteiger partial charge in [0, 0.05) is 10.7 Å². The number of aromatic carboxylic acids is 1. The topological polar surface area (TPSA) is 105 Å². The van der Waals surface area contributed by atoms with Gasteiger partial charge in [-0.15, -0.1) is 0 Å². The molecule has 0 aromatic heterocycles. The summed E-state index contributed by atoms with van der Waals surface area (Å²) in [4.78, 5) is 35.4. The molecule has 7 nitrogen and oxygen atoms in total. The van der Waals surface area contributed by atoms with E-state index in [4.69, 9.17) is 16.3 Å². The van der Waals surface area contributed by atoms with E-state index in [-0.39, 0.29) is 28.7 Å². The fraction of sp³-hybridized carbons (Fsp3) is 0.0870. The third-order valence-corrected chi connectivity index (χ3v) is 4.51. The minimum atomic E-state index is -1.24. The Balaban J connectivity index is 1.50. The predicted octanol–water partition coefficient (Wildman–Crippen LogP) is 4.44. The normalized spacial score (nSPS) is 10.4. The molecule has 32 heavy (non-hydrogen) atoms. The fourth-order valence-corrected chi connectivity index (χ4v) is 3.01. The van der Waals surface area contributed by atoms with E-state index in [9.17, 15) is 23.9 Å². The molecule has 0 aliphatic carbocycles. The van der Waals surface area contributed by atoms with Gasteiger partial charge in [0.2, 0.25) is 11.8 Å². The number of anilines is 2. The highest BCUT2D eigenvalue weighted by molar-refractivity contribution is 6.31. The number of nitrogens with one attached hydrogen (secondary N) is 2. The second-order valence-electron chi connectivity index (χ2n) is 6.67. The summed E-state index contributed by atoms with van der Waals surface area (Å²) < 4.78 is 18.2. The molecule has 9 heteroatoms. The number of amides is 2. The Bertz CT molecular complexity index is 1150. The number of carbonyl (C=O) groups is 3. The molecule has 0 aliphatic heterocycles. The van der Waals surface area contributed by atoms with Crippen molar-refractivity contribution in [1.29, 1.82) is 0 Å². The maximum atomic E-state index is 13.1. The van der Waals surface area contributed by atoms with Crippen molar-refractivity contribution in [3.05, 3.63) is 83.1 Å². The van der Waals surface area contributed by atoms with Crippen molar-refractivity contribution < 1.29 is 28.6 Å². The van der Waals surface area contributed by atoms with Crippen molar-refractivity contribution in [2.75, 3.05) is 23.8 Å². The van der Waals surface area contributed by atoms with Crippen molar-refractivity contribution in [1.82, 2.24) is 0 Å². The van der Waals surface area contributed by atoms with E-state index in [1.807, 2.05) is 6.07 Å². The molecule has 0 fully saturated rings. The van der Waals surface area contributed by atoms with Crippen LogP contribution in [0.2, 0.25) is 5.02 Å². The van der Waals surface area contributed by atoms with Gasteiger partial charge in [-0.1, -0.05) is 35.9 Å². The number of carbonyl (C=O) groups excluding carboxylic acids is 2. The summed E-state index contributed by atoms with van der Waals surface area (Å²) in [6.45, 7) is -0.842. The number of halogens is 2. The fourth-order valence-electron chi connectivity index (χ4n) is 2.84. The Labute approximate surface area is 187 Å². The molecule has 0 bridgehead atoms. The van der Waals surface area contributed by atoms with Crippen molar-refractivity contribution >= 4 is 40.8 Å². The van der Waals surface area contributed by atoms with Gasteiger partial charge in [0.15, 0.2) is 0 Å². The number of ether oxygens (including phenoxy) is 1. The molecule has 0 radical (unpaired) electrons. The van der Waals surface area contributed by atoms with E-state index >= 15 is 0 Å². The number of rotatable bonds is 8. The first kappa shape index (κ1) is 22.9. The van der Waals surface area contributed by atoms with E-state index in [0.717, 1.165) is 11.1 Å². The van der Waals surface area contributed by atoms with E-state index in [1.165, 1.54) is 30.3 Å². The smallest absolute Gasteiger partial charge is 0.337 e. The average Bonchev–Trinajstić information content (AvgIpc) is 2.75. The predicted molar refractivity (Wildman–Crippen MR) is 118 cm³/mol. The standard InChI is InChI=1S/C23H18ClFN2O5/c24-16-6-9-20(19(11-16)23(30)31)27-22(29)13-32-12-21(28)26-18-3-1-2-15(10-18)14-4-7-17(25)8-5-14/h1-11H,12-13H2,(H,26,28)(H,27,29)(H,30,31). The zero-order chi connectivity index (χ0) is 23.1. The molecule has 0 heterocycles. The van der Waals surface area contributed by atoms with Gasteiger partial charge in [0.1, 0.15) is 19.0 Å². The van der Waals surface area contributed by atoms with Gasteiger partial charge in [0.05, 0.1) is 11.3 Å². The molecule has 164 valence electrons. The molecule has 0 spiro atoms. The van der Waals surface area contributed by atoms with Gasteiger partial charge in [-0.05, 0) is 53.6 Å². The van der Waals surface area contributed by atoms with E-state index in [0.29, 0.717) is 5.69 Å². The lowest BCUT2D eigenvalue weighted by atomic mass is 10.1. The average molecular weight is 457 g/mol. The third-order valence-electron chi connectivity index (χ3n) is 4.28. The van der Waals surface area contributed by atoms with Crippen molar-refractivity contribution in [2.45, 2.75) is 0 Å². The van der Waals surface area contributed by atoms with Crippen LogP contribution >= 0.6 is 11.6 Å². The quantitative estimate of drug-likeness (QED) is 0.465. The summed E-state index contributed by atoms with van der Waals surface area (Å²) in [5.41, 5.74) is 2.00. The lowest BCUT2D eigenvalue weighted by molar-refractivity contribution is -0.125. The first-order chi connectivity index (χ1) is 15.3. The lowest BCUT2D eigenvalue weighted by Gasteiger charge is -2.10. The van der Waals surface area contributed by atoms with E-state index < -0.39 is 24.4 Å². The van der Waals surface area contributed by atoms with E-state index in [1.54, 1.807) is 30.3 Å². The lowest BCUT2D eigenvalue weighted by Crippen LogP contribution is -2.24. The highest BCUT2D eigenvalue weighted by atomic mass is 35.5. The first-order valence-corrected chi connectivity index (χ1v) is 9.76. The molecule has 0 aliphatic rings. The molecule has 3 N–H and O–H groups in total. The summed E-state index contributed by atoms with van der Waals surface area (Å²) in [6, 6.07) is 17.0. The molecule has 3 aromatic rings. The Morgan fingerprint density at radius 1 is 0.875 bits per heavy atom. The third kappa shape index (κ3) is 6.37. The number of carboxylic acid groups (broad SMARTS) is 1. The van der Waals surface area contributed by atoms with Crippen LogP contribution in [-0.4, -0.2) is 36.1 Å². The zero-order valence-corrected chi connectivity index (χ0v) is 17.4. The Kier molecular flexibility index (Phi) is 7.54. The zero-order valence-electron chi connectivity index (χ0n) is 16.6. The molecule has 3 rings (SSSR count). The number of benzene rings is 3. The van der Waals surface area contributed by atoms with Crippen LogP contribution in [0.25, 0.3) is 11.1 Å². The largest absolute Gasteiger partial charge is 0.478 e. The number of hydrogen-bond acceptors (Lipinski definition) is 4. The maximum absolute atomic E-state index is 13.1. The van der Waals surface area contributed by atoms with Gasteiger partial charge in [-0.3, -0.25) is 9.59 Å². The number of hydrogen-bond donors (Lipinski definition) is 3. The molecule has 0 saturated heterocycles. The monoisotopic (exact) mass is 456 g/mol. The van der Waals surface area contributed by atoms with Crippen LogP contribution in [0.3, 0.4) is 0 Å².